The first kappa shape index (κ1) is 15.2. The largest absolute Gasteiger partial charge is 0.326 e. The van der Waals surface area contributed by atoms with E-state index in [1.807, 2.05) is 18.2 Å². The second-order valence-corrected chi connectivity index (χ2v) is 5.73. The maximum Gasteiger partial charge on any atom is 0.269 e. The van der Waals surface area contributed by atoms with Crippen LogP contribution in [0, 0.1) is 10.1 Å². The third-order valence-corrected chi connectivity index (χ3v) is 3.99. The van der Waals surface area contributed by atoms with Crippen molar-refractivity contribution in [3.63, 3.8) is 0 Å². The van der Waals surface area contributed by atoms with Crippen LogP contribution in [0.2, 0.25) is 5.02 Å². The van der Waals surface area contributed by atoms with Crippen LogP contribution in [-0.2, 0) is 4.79 Å². The number of benzene rings is 2. The molecule has 0 saturated carbocycles. The molecule has 0 unspecified atom stereocenters. The van der Waals surface area contributed by atoms with Crippen LogP contribution in [0.4, 0.5) is 5.69 Å². The Labute approximate surface area is 137 Å². The van der Waals surface area contributed by atoms with Gasteiger partial charge < -0.3 is 5.32 Å². The molecular weight excluding hydrogens is 316 g/mol. The van der Waals surface area contributed by atoms with Crippen molar-refractivity contribution < 1.29 is 9.72 Å². The summed E-state index contributed by atoms with van der Waals surface area (Å²) in [7, 11) is 0. The van der Waals surface area contributed by atoms with Crippen LogP contribution in [0.25, 0.3) is 5.70 Å². The normalized spacial score (nSPS) is 17.3. The van der Waals surface area contributed by atoms with Gasteiger partial charge in [0.1, 0.15) is 0 Å². The second kappa shape index (κ2) is 6.22. The zero-order chi connectivity index (χ0) is 16.4. The number of nitro benzene ring substituents is 1. The van der Waals surface area contributed by atoms with Crippen LogP contribution in [0.15, 0.2) is 54.6 Å². The number of hydrogen-bond donors (Lipinski definition) is 1. The summed E-state index contributed by atoms with van der Waals surface area (Å²) in [6.07, 6.45) is 2.32. The summed E-state index contributed by atoms with van der Waals surface area (Å²) >= 11 is 5.89. The van der Waals surface area contributed by atoms with E-state index in [-0.39, 0.29) is 17.5 Å². The molecule has 1 amide bonds. The zero-order valence-electron chi connectivity index (χ0n) is 12.0. The van der Waals surface area contributed by atoms with Crippen molar-refractivity contribution in [2.75, 3.05) is 0 Å². The molecule has 0 aromatic heterocycles. The molecule has 0 bridgehead atoms. The van der Waals surface area contributed by atoms with Gasteiger partial charge in [-0.25, -0.2) is 0 Å². The van der Waals surface area contributed by atoms with Crippen LogP contribution >= 0.6 is 11.6 Å². The second-order valence-electron chi connectivity index (χ2n) is 5.29. The third kappa shape index (κ3) is 3.40. The number of hydrogen-bond acceptors (Lipinski definition) is 3. The number of non-ortho nitro benzene ring substituents is 1. The molecule has 1 atom stereocenters. The molecule has 5 nitrogen and oxygen atoms in total. The number of nitrogens with one attached hydrogen (secondary N) is 1. The maximum atomic E-state index is 12.0. The van der Waals surface area contributed by atoms with Gasteiger partial charge in [0.05, 0.1) is 4.92 Å². The molecule has 1 aliphatic rings. The number of allylic oxidation sites excluding steroid dienone is 1. The van der Waals surface area contributed by atoms with E-state index < -0.39 is 4.92 Å². The molecule has 2 aromatic rings. The molecule has 23 heavy (non-hydrogen) atoms. The average molecular weight is 329 g/mol. The number of carbonyl (C=O) groups excluding carboxylic acids is 1. The first-order valence-corrected chi connectivity index (χ1v) is 7.43. The fourth-order valence-electron chi connectivity index (χ4n) is 2.56. The SMILES string of the molecule is O=C1C[C@H](c2ccc(Cl)cc2)C=C(c2ccc([N+](=O)[O-])cc2)N1. The molecule has 0 spiro atoms. The Balaban J connectivity index is 1.92. The quantitative estimate of drug-likeness (QED) is 0.686. The topological polar surface area (TPSA) is 72.2 Å². The summed E-state index contributed by atoms with van der Waals surface area (Å²) in [5, 5.41) is 14.2. The van der Waals surface area contributed by atoms with Crippen molar-refractivity contribution in [3.05, 3.63) is 80.9 Å². The molecule has 0 radical (unpaired) electrons. The molecule has 1 N–H and O–H groups in total. The van der Waals surface area contributed by atoms with Gasteiger partial charge in [0.25, 0.3) is 5.69 Å². The van der Waals surface area contributed by atoms with Crippen LogP contribution < -0.4 is 5.32 Å². The fourth-order valence-corrected chi connectivity index (χ4v) is 2.68. The minimum absolute atomic E-state index is 0.0192. The standard InChI is InChI=1S/C17H13ClN2O3/c18-14-5-1-11(2-6-14)13-9-16(19-17(21)10-13)12-3-7-15(8-4-12)20(22)23/h1-9,13H,10H2,(H,19,21)/t13-/m1/s1. The average Bonchev–Trinajstić information content (AvgIpc) is 2.55. The lowest BCUT2D eigenvalue weighted by Gasteiger charge is -2.22. The smallest absolute Gasteiger partial charge is 0.269 e. The van der Waals surface area contributed by atoms with Gasteiger partial charge in [-0.05, 0) is 35.4 Å². The van der Waals surface area contributed by atoms with E-state index in [2.05, 4.69) is 5.32 Å². The highest BCUT2D eigenvalue weighted by Crippen LogP contribution is 2.30. The molecule has 0 saturated heterocycles. The Hall–Kier alpha value is -2.66. The van der Waals surface area contributed by atoms with E-state index in [4.69, 9.17) is 11.6 Å². The zero-order valence-corrected chi connectivity index (χ0v) is 12.8. The molecule has 116 valence electrons. The van der Waals surface area contributed by atoms with Gasteiger partial charge in [-0.1, -0.05) is 29.8 Å². The molecule has 1 aliphatic heterocycles. The highest BCUT2D eigenvalue weighted by molar-refractivity contribution is 6.30. The van der Waals surface area contributed by atoms with Crippen molar-refractivity contribution in [1.29, 1.82) is 0 Å². The van der Waals surface area contributed by atoms with Gasteiger partial charge in [0, 0.05) is 35.2 Å². The molecule has 6 heteroatoms. The molecular formula is C17H13ClN2O3. The number of nitro groups is 1. The Kier molecular flexibility index (Phi) is 4.12. The van der Waals surface area contributed by atoms with E-state index in [9.17, 15) is 14.9 Å². The fraction of sp³-hybridized carbons (Fsp3) is 0.118. The van der Waals surface area contributed by atoms with E-state index in [0.717, 1.165) is 11.1 Å². The summed E-state index contributed by atoms with van der Waals surface area (Å²) in [6.45, 7) is 0. The number of rotatable bonds is 3. The highest BCUT2D eigenvalue weighted by Gasteiger charge is 2.22. The van der Waals surface area contributed by atoms with Crippen molar-refractivity contribution in [1.82, 2.24) is 5.32 Å². The molecule has 0 aliphatic carbocycles. The van der Waals surface area contributed by atoms with E-state index in [1.54, 1.807) is 24.3 Å². The van der Waals surface area contributed by atoms with Gasteiger partial charge in [0.2, 0.25) is 5.91 Å². The first-order chi connectivity index (χ1) is 11.0. The first-order valence-electron chi connectivity index (χ1n) is 7.05. The molecule has 2 aromatic carbocycles. The Morgan fingerprint density at radius 1 is 1.09 bits per heavy atom. The molecule has 0 fully saturated rings. The predicted octanol–water partition coefficient (Wildman–Crippen LogP) is 3.89. The summed E-state index contributed by atoms with van der Waals surface area (Å²) in [6, 6.07) is 13.5. The molecule has 1 heterocycles. The van der Waals surface area contributed by atoms with E-state index >= 15 is 0 Å². The summed E-state index contributed by atoms with van der Waals surface area (Å²) < 4.78 is 0. The number of nitrogens with zero attached hydrogens (tertiary/aromatic N) is 1. The van der Waals surface area contributed by atoms with Gasteiger partial charge in [-0.15, -0.1) is 0 Å². The summed E-state index contributed by atoms with van der Waals surface area (Å²) in [5.74, 6) is -0.132. The van der Waals surface area contributed by atoms with Crippen LogP contribution in [-0.4, -0.2) is 10.8 Å². The number of amides is 1. The van der Waals surface area contributed by atoms with Crippen molar-refractivity contribution in [2.45, 2.75) is 12.3 Å². The van der Waals surface area contributed by atoms with Crippen LogP contribution in [0.1, 0.15) is 23.5 Å². The van der Waals surface area contributed by atoms with Crippen molar-refractivity contribution in [2.24, 2.45) is 0 Å². The van der Waals surface area contributed by atoms with E-state index in [0.29, 0.717) is 17.1 Å². The van der Waals surface area contributed by atoms with Gasteiger partial charge >= 0.3 is 0 Å². The lowest BCUT2D eigenvalue weighted by atomic mass is 9.90. The summed E-state index contributed by atoms with van der Waals surface area (Å²) in [5.41, 5.74) is 2.42. The Bertz CT molecular complexity index is 782. The minimum atomic E-state index is -0.450. The Morgan fingerprint density at radius 2 is 1.74 bits per heavy atom. The maximum absolute atomic E-state index is 12.0. The lowest BCUT2D eigenvalue weighted by molar-refractivity contribution is -0.384. The van der Waals surface area contributed by atoms with Crippen LogP contribution in [0.5, 0.6) is 0 Å². The van der Waals surface area contributed by atoms with Gasteiger partial charge in [-0.3, -0.25) is 14.9 Å². The van der Waals surface area contributed by atoms with Gasteiger partial charge in [-0.2, -0.15) is 0 Å². The Morgan fingerprint density at radius 3 is 2.35 bits per heavy atom. The monoisotopic (exact) mass is 328 g/mol. The van der Waals surface area contributed by atoms with Crippen molar-refractivity contribution >= 4 is 28.9 Å². The highest BCUT2D eigenvalue weighted by atomic mass is 35.5. The van der Waals surface area contributed by atoms with Crippen molar-refractivity contribution in [3.8, 4) is 0 Å². The molecule has 3 rings (SSSR count). The van der Waals surface area contributed by atoms with Gasteiger partial charge in [0.15, 0.2) is 0 Å². The summed E-state index contributed by atoms with van der Waals surface area (Å²) in [4.78, 5) is 22.3. The lowest BCUT2D eigenvalue weighted by Crippen LogP contribution is -2.28. The number of carbonyl (C=O) groups is 1. The van der Waals surface area contributed by atoms with Crippen LogP contribution in [0.3, 0.4) is 0 Å². The van der Waals surface area contributed by atoms with E-state index in [1.165, 1.54) is 12.1 Å². The number of halogens is 1. The predicted molar refractivity (Wildman–Crippen MR) is 88.0 cm³/mol. The minimum Gasteiger partial charge on any atom is -0.326 e. The third-order valence-electron chi connectivity index (χ3n) is 3.73.